The van der Waals surface area contributed by atoms with Gasteiger partial charge in [-0.25, -0.2) is 8.42 Å². The number of sulfonamides is 1. The van der Waals surface area contributed by atoms with Gasteiger partial charge in [-0.15, -0.1) is 0 Å². The van der Waals surface area contributed by atoms with Crippen LogP contribution < -0.4 is 4.90 Å². The zero-order valence-corrected chi connectivity index (χ0v) is 14.7. The van der Waals surface area contributed by atoms with Crippen molar-refractivity contribution in [2.75, 3.05) is 18.0 Å². The summed E-state index contributed by atoms with van der Waals surface area (Å²) in [5, 5.41) is 0.470. The number of benzene rings is 2. The highest BCUT2D eigenvalue weighted by atomic mass is 35.5. The highest BCUT2D eigenvalue weighted by molar-refractivity contribution is 7.89. The molecule has 1 amide bonds. The molecular weight excluding hydrogens is 348 g/mol. The predicted octanol–water partition coefficient (Wildman–Crippen LogP) is 2.77. The lowest BCUT2D eigenvalue weighted by Gasteiger charge is -2.38. The third-order valence-electron chi connectivity index (χ3n) is 4.09. The maximum Gasteiger partial charge on any atom is 0.245 e. The number of anilines is 1. The Hall–Kier alpha value is -1.89. The summed E-state index contributed by atoms with van der Waals surface area (Å²) < 4.78 is 26.8. The van der Waals surface area contributed by atoms with Crippen molar-refractivity contribution in [3.05, 3.63) is 59.6 Å². The zero-order valence-electron chi connectivity index (χ0n) is 13.1. The van der Waals surface area contributed by atoms with Crippen LogP contribution in [0.3, 0.4) is 0 Å². The number of carbonyl (C=O) groups excluding carboxylic acids is 1. The van der Waals surface area contributed by atoms with Crippen LogP contribution >= 0.6 is 11.6 Å². The summed E-state index contributed by atoms with van der Waals surface area (Å²) in [6.45, 7) is 2.08. The molecule has 0 spiro atoms. The van der Waals surface area contributed by atoms with Gasteiger partial charge in [-0.3, -0.25) is 4.79 Å². The fourth-order valence-corrected chi connectivity index (χ4v) is 4.66. The van der Waals surface area contributed by atoms with Gasteiger partial charge in [-0.1, -0.05) is 41.9 Å². The first-order valence-corrected chi connectivity index (χ1v) is 9.37. The van der Waals surface area contributed by atoms with Gasteiger partial charge < -0.3 is 4.90 Å². The minimum Gasteiger partial charge on any atom is -0.308 e. The maximum absolute atomic E-state index is 12.8. The van der Waals surface area contributed by atoms with Crippen molar-refractivity contribution in [3.8, 4) is 0 Å². The average molecular weight is 365 g/mol. The number of piperazine rings is 1. The summed E-state index contributed by atoms with van der Waals surface area (Å²) in [5.74, 6) is -0.283. The fourth-order valence-electron chi connectivity index (χ4n) is 2.82. The molecule has 0 bridgehead atoms. The van der Waals surface area contributed by atoms with Crippen molar-refractivity contribution >= 4 is 33.2 Å². The van der Waals surface area contributed by atoms with Crippen molar-refractivity contribution in [1.29, 1.82) is 0 Å². The molecule has 5 nitrogen and oxygen atoms in total. The Kier molecular flexibility index (Phi) is 4.62. The Balaban J connectivity index is 1.90. The van der Waals surface area contributed by atoms with E-state index in [0.29, 0.717) is 10.7 Å². The molecule has 0 unspecified atom stereocenters. The summed E-state index contributed by atoms with van der Waals surface area (Å²) in [5.41, 5.74) is 0.604. The van der Waals surface area contributed by atoms with Gasteiger partial charge in [0, 0.05) is 13.1 Å². The summed E-state index contributed by atoms with van der Waals surface area (Å²) in [6.07, 6.45) is 0. The van der Waals surface area contributed by atoms with Gasteiger partial charge in [0.25, 0.3) is 0 Å². The summed E-state index contributed by atoms with van der Waals surface area (Å²) in [6, 6.07) is 14.4. The Morgan fingerprint density at radius 1 is 1.00 bits per heavy atom. The van der Waals surface area contributed by atoms with Crippen molar-refractivity contribution in [2.45, 2.75) is 17.9 Å². The highest BCUT2D eigenvalue weighted by Crippen LogP contribution is 2.30. The number of hydrogen-bond donors (Lipinski definition) is 0. The van der Waals surface area contributed by atoms with Crippen molar-refractivity contribution < 1.29 is 13.2 Å². The second-order valence-electron chi connectivity index (χ2n) is 5.55. The second kappa shape index (κ2) is 6.55. The molecule has 2 aromatic rings. The van der Waals surface area contributed by atoms with E-state index in [1.807, 2.05) is 0 Å². The molecule has 1 aliphatic heterocycles. The number of amides is 1. The van der Waals surface area contributed by atoms with Crippen LogP contribution in [-0.2, 0) is 14.8 Å². The van der Waals surface area contributed by atoms with E-state index in [9.17, 15) is 13.2 Å². The van der Waals surface area contributed by atoms with Crippen LogP contribution in [0, 0.1) is 0 Å². The molecule has 0 N–H and O–H groups in total. The standard InChI is InChI=1S/C17H17ClN2O3S/c1-13-17(21)19(16-10-6-5-9-15(16)18)11-12-20(13)24(22,23)14-7-3-2-4-8-14/h2-10,13H,11-12H2,1H3/t13-/m1/s1. The van der Waals surface area contributed by atoms with Crippen molar-refractivity contribution in [3.63, 3.8) is 0 Å². The van der Waals surface area contributed by atoms with Crippen molar-refractivity contribution in [1.82, 2.24) is 4.31 Å². The summed E-state index contributed by atoms with van der Waals surface area (Å²) in [7, 11) is -3.71. The molecule has 1 aliphatic rings. The molecule has 1 atom stereocenters. The Labute approximate surface area is 146 Å². The van der Waals surface area contributed by atoms with E-state index in [-0.39, 0.29) is 23.9 Å². The maximum atomic E-state index is 12.8. The molecular formula is C17H17ClN2O3S. The van der Waals surface area contributed by atoms with E-state index in [0.717, 1.165) is 0 Å². The number of nitrogens with zero attached hydrogens (tertiary/aromatic N) is 2. The van der Waals surface area contributed by atoms with Crippen LogP contribution in [0.2, 0.25) is 5.02 Å². The summed E-state index contributed by atoms with van der Waals surface area (Å²) in [4.78, 5) is 14.5. The minimum absolute atomic E-state index is 0.191. The second-order valence-corrected chi connectivity index (χ2v) is 7.84. The van der Waals surface area contributed by atoms with Crippen LogP contribution in [0.5, 0.6) is 0 Å². The molecule has 24 heavy (non-hydrogen) atoms. The van der Waals surface area contributed by atoms with Gasteiger partial charge in [0.1, 0.15) is 6.04 Å². The van der Waals surface area contributed by atoms with E-state index in [1.54, 1.807) is 54.3 Å². The zero-order chi connectivity index (χ0) is 17.3. The number of halogens is 1. The van der Waals surface area contributed by atoms with E-state index in [4.69, 9.17) is 11.6 Å². The third kappa shape index (κ3) is 2.92. The normalized spacial score (nSPS) is 19.5. The molecule has 2 aromatic carbocycles. The van der Waals surface area contributed by atoms with Crippen LogP contribution in [0.4, 0.5) is 5.69 Å². The van der Waals surface area contributed by atoms with E-state index in [2.05, 4.69) is 0 Å². The SMILES string of the molecule is C[C@@H]1C(=O)N(c2ccccc2Cl)CCN1S(=O)(=O)c1ccccc1. The summed E-state index contributed by atoms with van der Waals surface area (Å²) >= 11 is 6.17. The van der Waals surface area contributed by atoms with Gasteiger partial charge >= 0.3 is 0 Å². The number of para-hydroxylation sites is 1. The van der Waals surface area contributed by atoms with Gasteiger partial charge in [-0.05, 0) is 31.2 Å². The van der Waals surface area contributed by atoms with Gasteiger partial charge in [-0.2, -0.15) is 4.31 Å². The molecule has 0 saturated carbocycles. The third-order valence-corrected chi connectivity index (χ3v) is 6.40. The topological polar surface area (TPSA) is 57.7 Å². The molecule has 0 aliphatic carbocycles. The predicted molar refractivity (Wildman–Crippen MR) is 93.6 cm³/mol. The van der Waals surface area contributed by atoms with Gasteiger partial charge in [0.2, 0.25) is 15.9 Å². The lowest BCUT2D eigenvalue weighted by atomic mass is 10.2. The van der Waals surface area contributed by atoms with E-state index >= 15 is 0 Å². The minimum atomic E-state index is -3.71. The first-order valence-electron chi connectivity index (χ1n) is 7.56. The molecule has 1 heterocycles. The van der Waals surface area contributed by atoms with Gasteiger partial charge in [0.15, 0.2) is 0 Å². The van der Waals surface area contributed by atoms with Crippen LogP contribution in [0.25, 0.3) is 0 Å². The molecule has 0 radical (unpaired) electrons. The Morgan fingerprint density at radius 2 is 1.62 bits per heavy atom. The number of carbonyl (C=O) groups is 1. The Morgan fingerprint density at radius 3 is 2.29 bits per heavy atom. The molecule has 1 saturated heterocycles. The largest absolute Gasteiger partial charge is 0.308 e. The quantitative estimate of drug-likeness (QED) is 0.841. The average Bonchev–Trinajstić information content (AvgIpc) is 2.59. The molecule has 126 valence electrons. The first kappa shape index (κ1) is 17.0. The number of rotatable bonds is 3. The Bertz CT molecular complexity index is 855. The van der Waals surface area contributed by atoms with Crippen molar-refractivity contribution in [2.24, 2.45) is 0 Å². The fraction of sp³-hybridized carbons (Fsp3) is 0.235. The molecule has 0 aromatic heterocycles. The number of hydrogen-bond acceptors (Lipinski definition) is 3. The van der Waals surface area contributed by atoms with Crippen LogP contribution in [-0.4, -0.2) is 37.8 Å². The molecule has 7 heteroatoms. The molecule has 3 rings (SSSR count). The highest BCUT2D eigenvalue weighted by Gasteiger charge is 2.39. The van der Waals surface area contributed by atoms with E-state index < -0.39 is 16.1 Å². The first-order chi connectivity index (χ1) is 11.4. The smallest absolute Gasteiger partial charge is 0.245 e. The molecule has 1 fully saturated rings. The van der Waals surface area contributed by atoms with E-state index in [1.165, 1.54) is 16.4 Å². The monoisotopic (exact) mass is 364 g/mol. The van der Waals surface area contributed by atoms with Gasteiger partial charge in [0.05, 0.1) is 15.6 Å². The lowest BCUT2D eigenvalue weighted by molar-refractivity contribution is -0.123. The van der Waals surface area contributed by atoms with Crippen LogP contribution in [0.15, 0.2) is 59.5 Å². The van der Waals surface area contributed by atoms with Crippen LogP contribution in [0.1, 0.15) is 6.92 Å². The lowest BCUT2D eigenvalue weighted by Crippen LogP contribution is -2.57.